The van der Waals surface area contributed by atoms with Gasteiger partial charge in [-0.05, 0) is 36.1 Å². The number of fused-ring (bicyclic) bond motifs is 2. The number of carbonyl (C=O) groups is 5. The van der Waals surface area contributed by atoms with E-state index in [0.717, 1.165) is 20.6 Å². The predicted octanol–water partition coefficient (Wildman–Crippen LogP) is 5.74. The van der Waals surface area contributed by atoms with Crippen LogP contribution in [-0.2, 0) is 14.4 Å². The number of aliphatic carboxylic acids is 2. The average Bonchev–Trinajstić information content (AvgIpc) is 3.07. The van der Waals surface area contributed by atoms with Crippen LogP contribution in [0.3, 0.4) is 0 Å². The van der Waals surface area contributed by atoms with Crippen LogP contribution >= 0.6 is 21.6 Å². The minimum absolute atomic E-state index is 0.226. The number of para-hydroxylation sites is 2. The first-order chi connectivity index (χ1) is 22.4. The molecule has 2 amide bonds. The highest BCUT2D eigenvalue weighted by Crippen LogP contribution is 2.42. The summed E-state index contributed by atoms with van der Waals surface area (Å²) in [6.07, 6.45) is 4.12. The summed E-state index contributed by atoms with van der Waals surface area (Å²) in [5.74, 6) is -3.59. The highest BCUT2D eigenvalue weighted by atomic mass is 33.1. The molecular formula is C33H36N4O8S2. The minimum atomic E-state index is -1.08. The normalized spacial score (nSPS) is 13.4. The smallest absolute Gasteiger partial charge is 0.326 e. The zero-order valence-electron chi connectivity index (χ0n) is 26.2. The first-order valence-corrected chi connectivity index (χ1v) is 16.9. The fourth-order valence-corrected chi connectivity index (χ4v) is 6.85. The molecule has 0 fully saturated rings. The van der Waals surface area contributed by atoms with E-state index in [2.05, 4.69) is 20.6 Å². The molecule has 0 aliphatic heterocycles. The molecule has 0 saturated carbocycles. The number of carbonyl (C=O) groups excluding carboxylic acids is 2. The first kappa shape index (κ1) is 36.8. The second-order valence-electron chi connectivity index (χ2n) is 10.7. The lowest BCUT2D eigenvalue weighted by Gasteiger charge is -2.20. The predicted molar refractivity (Wildman–Crippen MR) is 181 cm³/mol. The molecule has 0 bridgehead atoms. The van der Waals surface area contributed by atoms with Crippen LogP contribution < -0.4 is 10.6 Å². The number of aromatic nitrogens is 2. The van der Waals surface area contributed by atoms with Gasteiger partial charge in [0, 0.05) is 33.0 Å². The molecule has 2 aromatic heterocycles. The Morgan fingerprint density at radius 2 is 1.11 bits per heavy atom. The second kappa shape index (κ2) is 17.3. The van der Waals surface area contributed by atoms with Crippen LogP contribution in [0.4, 0.5) is 0 Å². The third-order valence-electron chi connectivity index (χ3n) is 7.62. The Bertz CT molecular complexity index is 1640. The molecule has 0 unspecified atom stereocenters. The molecule has 0 saturated heterocycles. The van der Waals surface area contributed by atoms with Gasteiger partial charge in [0.1, 0.15) is 12.1 Å². The Morgan fingerprint density at radius 3 is 1.43 bits per heavy atom. The van der Waals surface area contributed by atoms with E-state index in [-0.39, 0.29) is 29.4 Å². The highest BCUT2D eigenvalue weighted by Gasteiger charge is 2.27. The average molecular weight is 681 g/mol. The monoisotopic (exact) mass is 680 g/mol. The van der Waals surface area contributed by atoms with E-state index in [1.807, 2.05) is 50.2 Å². The van der Waals surface area contributed by atoms with Crippen molar-refractivity contribution in [2.24, 2.45) is 11.8 Å². The SMILES string of the molecule is CC[C@@H](C)[C@H](NC(=O)c1cnc2c(SSc3cccc4cc(C(=O)N[C@H](C(=O)O)[C@H](C)CC)cnc34)cccc2c1)C(=O)O.O=CO. The molecule has 4 aromatic rings. The number of hydrogen-bond donors (Lipinski definition) is 5. The van der Waals surface area contributed by atoms with Gasteiger partial charge in [0.2, 0.25) is 0 Å². The van der Waals surface area contributed by atoms with Crippen LogP contribution in [0.25, 0.3) is 21.8 Å². The molecule has 4 rings (SSSR count). The third kappa shape index (κ3) is 9.42. The van der Waals surface area contributed by atoms with Crippen LogP contribution in [0.2, 0.25) is 0 Å². The Morgan fingerprint density at radius 1 is 0.745 bits per heavy atom. The van der Waals surface area contributed by atoms with Crippen molar-refractivity contribution in [2.45, 2.75) is 62.4 Å². The summed E-state index contributed by atoms with van der Waals surface area (Å²) in [5, 5.41) is 32.7. The van der Waals surface area contributed by atoms with Gasteiger partial charge >= 0.3 is 11.9 Å². The molecule has 14 heteroatoms. The van der Waals surface area contributed by atoms with Crippen LogP contribution in [0, 0.1) is 11.8 Å². The number of benzene rings is 2. The first-order valence-electron chi connectivity index (χ1n) is 14.7. The molecule has 0 aliphatic carbocycles. The molecule has 0 aliphatic rings. The molecule has 248 valence electrons. The number of carboxylic acid groups (broad SMARTS) is 3. The Hall–Kier alpha value is -4.69. The standard InChI is InChI=1S/C32H34N4O6S2.CH2O2/c1-5-17(3)25(31(39)40)35-29(37)21-13-19-9-7-11-23(27(19)33-15-21)43-44-24-12-8-10-20-14-22(16-34-28(20)24)30(38)36-26(32(41)42)18(4)6-2;2-1-3/h7-18,25-26H,5-6H2,1-4H3,(H,35,37)(H,36,38)(H,39,40)(H,41,42);1H,(H,2,3)/t17-,18-,25+,26+;/m1./s1. The second-order valence-corrected chi connectivity index (χ2v) is 12.9. The van der Waals surface area contributed by atoms with Crippen molar-refractivity contribution in [3.05, 3.63) is 72.1 Å². The van der Waals surface area contributed by atoms with Gasteiger partial charge in [0.05, 0.1) is 22.2 Å². The van der Waals surface area contributed by atoms with Crippen molar-refractivity contribution in [1.82, 2.24) is 20.6 Å². The van der Waals surface area contributed by atoms with E-state index in [1.165, 1.54) is 34.0 Å². The zero-order valence-corrected chi connectivity index (χ0v) is 27.8. The van der Waals surface area contributed by atoms with Crippen molar-refractivity contribution in [1.29, 1.82) is 0 Å². The number of nitrogens with zero attached hydrogens (tertiary/aromatic N) is 2. The van der Waals surface area contributed by atoms with Crippen molar-refractivity contribution in [3.8, 4) is 0 Å². The van der Waals surface area contributed by atoms with Gasteiger partial charge in [-0.15, -0.1) is 0 Å². The topological polar surface area (TPSA) is 196 Å². The summed E-state index contributed by atoms with van der Waals surface area (Å²) in [6.45, 7) is 7.07. The van der Waals surface area contributed by atoms with Gasteiger partial charge in [0.25, 0.3) is 18.3 Å². The number of amides is 2. The number of hydrogen-bond acceptors (Lipinski definition) is 9. The van der Waals surface area contributed by atoms with E-state index in [0.29, 0.717) is 23.9 Å². The molecule has 4 atom stereocenters. The van der Waals surface area contributed by atoms with Gasteiger partial charge in [-0.2, -0.15) is 0 Å². The maximum Gasteiger partial charge on any atom is 0.326 e. The lowest BCUT2D eigenvalue weighted by atomic mass is 9.99. The van der Waals surface area contributed by atoms with Gasteiger partial charge < -0.3 is 26.0 Å². The third-order valence-corrected chi connectivity index (χ3v) is 10.1. The highest BCUT2D eigenvalue weighted by molar-refractivity contribution is 8.76. The molecule has 0 radical (unpaired) electrons. The van der Waals surface area contributed by atoms with E-state index in [1.54, 1.807) is 26.0 Å². The van der Waals surface area contributed by atoms with Crippen LogP contribution in [0.15, 0.2) is 70.7 Å². The summed E-state index contributed by atoms with van der Waals surface area (Å²) in [5.41, 5.74) is 1.94. The van der Waals surface area contributed by atoms with Crippen molar-refractivity contribution in [3.63, 3.8) is 0 Å². The fraction of sp³-hybridized carbons (Fsp3) is 0.303. The minimum Gasteiger partial charge on any atom is -0.483 e. The molecular weight excluding hydrogens is 645 g/mol. The Balaban J connectivity index is 0.00000192. The van der Waals surface area contributed by atoms with Gasteiger partial charge in [-0.3, -0.25) is 24.4 Å². The molecule has 5 N–H and O–H groups in total. The number of carboxylic acids is 2. The Labute approximate surface area is 279 Å². The molecule has 2 aromatic carbocycles. The lowest BCUT2D eigenvalue weighted by Crippen LogP contribution is -2.45. The van der Waals surface area contributed by atoms with Crippen molar-refractivity contribution >= 4 is 73.6 Å². The van der Waals surface area contributed by atoms with Gasteiger partial charge in [0.15, 0.2) is 0 Å². The lowest BCUT2D eigenvalue weighted by molar-refractivity contribution is -0.141. The summed E-state index contributed by atoms with van der Waals surface area (Å²) >= 11 is 0. The van der Waals surface area contributed by atoms with E-state index in [9.17, 15) is 29.4 Å². The van der Waals surface area contributed by atoms with Crippen LogP contribution in [0.5, 0.6) is 0 Å². The zero-order chi connectivity index (χ0) is 34.7. The number of rotatable bonds is 13. The summed E-state index contributed by atoms with van der Waals surface area (Å²) in [4.78, 5) is 68.2. The molecule has 2 heterocycles. The Kier molecular flexibility index (Phi) is 13.5. The number of nitrogens with one attached hydrogen (secondary N) is 2. The van der Waals surface area contributed by atoms with E-state index < -0.39 is 35.8 Å². The maximum absolute atomic E-state index is 12.9. The van der Waals surface area contributed by atoms with E-state index in [4.69, 9.17) is 9.90 Å². The summed E-state index contributed by atoms with van der Waals surface area (Å²) in [6, 6.07) is 12.7. The fourth-order valence-electron chi connectivity index (χ4n) is 4.55. The van der Waals surface area contributed by atoms with Gasteiger partial charge in [-0.1, -0.05) is 86.4 Å². The molecule has 12 nitrogen and oxygen atoms in total. The maximum atomic E-state index is 12.9. The quantitative estimate of drug-likeness (QED) is 0.0850. The van der Waals surface area contributed by atoms with Crippen LogP contribution in [-0.4, -0.2) is 67.6 Å². The summed E-state index contributed by atoms with van der Waals surface area (Å²) in [7, 11) is 2.95. The van der Waals surface area contributed by atoms with Crippen LogP contribution in [0.1, 0.15) is 61.3 Å². The van der Waals surface area contributed by atoms with Crippen molar-refractivity contribution in [2.75, 3.05) is 0 Å². The summed E-state index contributed by atoms with van der Waals surface area (Å²) < 4.78 is 0. The molecule has 0 spiro atoms. The van der Waals surface area contributed by atoms with Gasteiger partial charge in [-0.25, -0.2) is 9.59 Å². The number of pyridine rings is 2. The van der Waals surface area contributed by atoms with Crippen molar-refractivity contribution < 1.29 is 39.3 Å². The molecule has 47 heavy (non-hydrogen) atoms. The van der Waals surface area contributed by atoms with E-state index >= 15 is 0 Å². The largest absolute Gasteiger partial charge is 0.483 e.